The Morgan fingerprint density at radius 3 is 2.31 bits per heavy atom. The summed E-state index contributed by atoms with van der Waals surface area (Å²) in [5.74, 6) is 0.120. The lowest BCUT2D eigenvalue weighted by molar-refractivity contribution is 0.0806. The van der Waals surface area contributed by atoms with Gasteiger partial charge in [0.25, 0.3) is 0 Å². The van der Waals surface area contributed by atoms with Crippen molar-refractivity contribution in [2.24, 2.45) is 0 Å². The quantitative estimate of drug-likeness (QED) is 0.663. The standard InChI is InChI=1S/C22H14O4/c1-25-21-17-13-7-3-2-6-12(13)10-11-16(17)26-22-18(21)19(23)14-8-4-5-9-15(14)20(22)24/h2-11,21H,1H3. The average molecular weight is 342 g/mol. The fourth-order valence-corrected chi connectivity index (χ4v) is 3.84. The van der Waals surface area contributed by atoms with Crippen LogP contribution in [0, 0.1) is 0 Å². The number of carbonyl (C=O) groups is 2. The molecule has 4 heteroatoms. The van der Waals surface area contributed by atoms with E-state index in [1.807, 2.05) is 36.4 Å². The van der Waals surface area contributed by atoms with Crippen LogP contribution in [0.15, 0.2) is 72.0 Å². The summed E-state index contributed by atoms with van der Waals surface area (Å²) in [5.41, 5.74) is 1.82. The zero-order valence-electron chi connectivity index (χ0n) is 14.0. The molecule has 0 N–H and O–H groups in total. The van der Waals surface area contributed by atoms with E-state index in [2.05, 4.69) is 0 Å². The molecule has 26 heavy (non-hydrogen) atoms. The number of fused-ring (bicyclic) bond motifs is 4. The third kappa shape index (κ3) is 1.87. The van der Waals surface area contributed by atoms with Crippen molar-refractivity contribution in [1.82, 2.24) is 0 Å². The summed E-state index contributed by atoms with van der Waals surface area (Å²) in [4.78, 5) is 26.1. The van der Waals surface area contributed by atoms with E-state index in [0.29, 0.717) is 16.9 Å². The first kappa shape index (κ1) is 15.0. The number of Topliss-reactive ketones (excluding diaryl/α,β-unsaturated/α-hetero) is 2. The van der Waals surface area contributed by atoms with Crippen molar-refractivity contribution in [2.75, 3.05) is 7.11 Å². The second-order valence-corrected chi connectivity index (χ2v) is 6.36. The van der Waals surface area contributed by atoms with Crippen LogP contribution in [0.2, 0.25) is 0 Å². The zero-order chi connectivity index (χ0) is 17.8. The van der Waals surface area contributed by atoms with E-state index in [9.17, 15) is 9.59 Å². The summed E-state index contributed by atoms with van der Waals surface area (Å²) in [6, 6.07) is 18.4. The average Bonchev–Trinajstić information content (AvgIpc) is 2.70. The molecule has 1 unspecified atom stereocenters. The molecule has 0 amide bonds. The molecule has 3 aromatic carbocycles. The lowest BCUT2D eigenvalue weighted by atomic mass is 9.81. The van der Waals surface area contributed by atoms with Crippen LogP contribution in [-0.4, -0.2) is 18.7 Å². The Kier molecular flexibility index (Phi) is 3.11. The van der Waals surface area contributed by atoms with Crippen LogP contribution in [0.5, 0.6) is 5.75 Å². The molecule has 0 aromatic heterocycles. The Morgan fingerprint density at radius 1 is 0.846 bits per heavy atom. The number of allylic oxidation sites excluding steroid dienone is 1. The van der Waals surface area contributed by atoms with Gasteiger partial charge in [-0.25, -0.2) is 0 Å². The molecule has 1 aliphatic carbocycles. The normalized spacial score (nSPS) is 18.3. The smallest absolute Gasteiger partial charge is 0.229 e. The minimum absolute atomic E-state index is 0.0725. The summed E-state index contributed by atoms with van der Waals surface area (Å²) < 4.78 is 11.7. The number of ether oxygens (including phenoxy) is 2. The highest BCUT2D eigenvalue weighted by atomic mass is 16.5. The molecule has 0 fully saturated rings. The van der Waals surface area contributed by atoms with E-state index in [-0.39, 0.29) is 22.9 Å². The molecule has 3 aromatic rings. The van der Waals surface area contributed by atoms with Gasteiger partial charge in [-0.1, -0.05) is 54.6 Å². The third-order valence-electron chi connectivity index (χ3n) is 5.01. The number of methoxy groups -OCH3 is 1. The maximum atomic E-state index is 13.1. The van der Waals surface area contributed by atoms with Gasteiger partial charge in [0.1, 0.15) is 11.9 Å². The number of ketones is 2. The molecule has 5 rings (SSSR count). The largest absolute Gasteiger partial charge is 0.452 e. The van der Waals surface area contributed by atoms with Crippen LogP contribution in [0.4, 0.5) is 0 Å². The summed E-state index contributed by atoms with van der Waals surface area (Å²) in [5, 5.41) is 1.97. The maximum Gasteiger partial charge on any atom is 0.229 e. The molecule has 126 valence electrons. The van der Waals surface area contributed by atoms with Gasteiger partial charge < -0.3 is 9.47 Å². The van der Waals surface area contributed by atoms with Crippen molar-refractivity contribution in [3.05, 3.63) is 88.7 Å². The number of hydrogen-bond acceptors (Lipinski definition) is 4. The molecular weight excluding hydrogens is 328 g/mol. The van der Waals surface area contributed by atoms with Gasteiger partial charge in [-0.2, -0.15) is 0 Å². The van der Waals surface area contributed by atoms with Crippen LogP contribution < -0.4 is 4.74 Å². The van der Waals surface area contributed by atoms with E-state index >= 15 is 0 Å². The van der Waals surface area contributed by atoms with Crippen molar-refractivity contribution < 1.29 is 19.1 Å². The van der Waals surface area contributed by atoms with Gasteiger partial charge in [-0.05, 0) is 16.8 Å². The van der Waals surface area contributed by atoms with Crippen LogP contribution in [0.25, 0.3) is 10.8 Å². The molecule has 4 nitrogen and oxygen atoms in total. The first-order valence-corrected chi connectivity index (χ1v) is 8.35. The highest BCUT2D eigenvalue weighted by Gasteiger charge is 2.42. The Morgan fingerprint density at radius 2 is 1.54 bits per heavy atom. The second-order valence-electron chi connectivity index (χ2n) is 6.36. The fourth-order valence-electron chi connectivity index (χ4n) is 3.84. The molecule has 0 radical (unpaired) electrons. The van der Waals surface area contributed by atoms with Crippen LogP contribution in [0.1, 0.15) is 32.4 Å². The Labute approximate surface area is 149 Å². The van der Waals surface area contributed by atoms with Crippen molar-refractivity contribution in [1.29, 1.82) is 0 Å². The number of rotatable bonds is 1. The van der Waals surface area contributed by atoms with Gasteiger partial charge in [-0.3, -0.25) is 9.59 Å². The summed E-state index contributed by atoms with van der Waals surface area (Å²) in [7, 11) is 1.55. The van der Waals surface area contributed by atoms with Gasteiger partial charge in [0.05, 0.1) is 5.57 Å². The maximum absolute atomic E-state index is 13.1. The number of benzene rings is 3. The summed E-state index contributed by atoms with van der Waals surface area (Å²) >= 11 is 0. The second kappa shape index (κ2) is 5.38. The van der Waals surface area contributed by atoms with Gasteiger partial charge in [0, 0.05) is 23.8 Å². The summed E-state index contributed by atoms with van der Waals surface area (Å²) in [6.07, 6.45) is -0.648. The predicted molar refractivity (Wildman–Crippen MR) is 96.5 cm³/mol. The molecule has 0 saturated carbocycles. The molecule has 1 atom stereocenters. The van der Waals surface area contributed by atoms with Gasteiger partial charge in [0.15, 0.2) is 11.5 Å². The Hall–Kier alpha value is -3.24. The van der Waals surface area contributed by atoms with Crippen LogP contribution >= 0.6 is 0 Å². The van der Waals surface area contributed by atoms with Crippen molar-refractivity contribution in [3.63, 3.8) is 0 Å². The Bertz CT molecular complexity index is 1140. The van der Waals surface area contributed by atoms with E-state index in [1.54, 1.807) is 31.4 Å². The van der Waals surface area contributed by atoms with Crippen molar-refractivity contribution in [3.8, 4) is 5.75 Å². The van der Waals surface area contributed by atoms with E-state index in [0.717, 1.165) is 16.3 Å². The zero-order valence-corrected chi connectivity index (χ0v) is 14.0. The van der Waals surface area contributed by atoms with Crippen molar-refractivity contribution >= 4 is 22.3 Å². The van der Waals surface area contributed by atoms with Crippen molar-refractivity contribution in [2.45, 2.75) is 6.10 Å². The highest BCUT2D eigenvalue weighted by Crippen LogP contribution is 2.46. The monoisotopic (exact) mass is 342 g/mol. The molecule has 1 heterocycles. The first-order valence-electron chi connectivity index (χ1n) is 8.35. The van der Waals surface area contributed by atoms with Crippen LogP contribution in [-0.2, 0) is 4.74 Å². The third-order valence-corrected chi connectivity index (χ3v) is 5.01. The predicted octanol–water partition coefficient (Wildman–Crippen LogP) is 4.25. The van der Waals surface area contributed by atoms with E-state index < -0.39 is 6.10 Å². The van der Waals surface area contributed by atoms with E-state index in [4.69, 9.17) is 9.47 Å². The minimum atomic E-state index is -0.648. The molecule has 0 spiro atoms. The molecule has 1 aliphatic heterocycles. The number of carbonyl (C=O) groups excluding carboxylic acids is 2. The molecule has 0 saturated heterocycles. The SMILES string of the molecule is COC1C2=C(Oc3ccc4ccccc4c31)C(=O)c1ccccc1C2=O. The lowest BCUT2D eigenvalue weighted by Crippen LogP contribution is -2.31. The fraction of sp³-hybridized carbons (Fsp3) is 0.0909. The van der Waals surface area contributed by atoms with Crippen LogP contribution in [0.3, 0.4) is 0 Å². The Balaban J connectivity index is 1.79. The highest BCUT2D eigenvalue weighted by molar-refractivity contribution is 6.27. The minimum Gasteiger partial charge on any atom is -0.452 e. The first-order chi connectivity index (χ1) is 12.7. The molecule has 2 aliphatic rings. The topological polar surface area (TPSA) is 52.6 Å². The molecule has 0 bridgehead atoms. The lowest BCUT2D eigenvalue weighted by Gasteiger charge is -2.32. The van der Waals surface area contributed by atoms with E-state index in [1.165, 1.54) is 0 Å². The summed E-state index contributed by atoms with van der Waals surface area (Å²) in [6.45, 7) is 0. The van der Waals surface area contributed by atoms with Gasteiger partial charge >= 0.3 is 0 Å². The molecular formula is C22H14O4. The van der Waals surface area contributed by atoms with Gasteiger partial charge in [0.2, 0.25) is 5.78 Å². The number of hydrogen-bond donors (Lipinski definition) is 0. The van der Waals surface area contributed by atoms with Gasteiger partial charge in [-0.15, -0.1) is 0 Å².